The normalized spacial score (nSPS) is 13.2. The molecule has 0 radical (unpaired) electrons. The van der Waals surface area contributed by atoms with E-state index in [9.17, 15) is 0 Å². The minimum absolute atomic E-state index is 0.412. The van der Waals surface area contributed by atoms with Crippen molar-refractivity contribution in [2.45, 2.75) is 33.1 Å². The van der Waals surface area contributed by atoms with Crippen LogP contribution in [0.1, 0.15) is 32.0 Å². The second kappa shape index (κ2) is 4.97. The molecule has 13 heavy (non-hydrogen) atoms. The van der Waals surface area contributed by atoms with E-state index in [1.807, 2.05) is 0 Å². The van der Waals surface area contributed by atoms with Gasteiger partial charge in [0.05, 0.1) is 0 Å². The Balaban J connectivity index is 2.48. The molecule has 1 unspecified atom stereocenters. The zero-order chi connectivity index (χ0) is 9.68. The van der Waals surface area contributed by atoms with Crippen molar-refractivity contribution in [3.05, 3.63) is 11.7 Å². The van der Waals surface area contributed by atoms with E-state index in [0.717, 1.165) is 25.1 Å². The smallest absolute Gasteiger partial charge is 0.226 e. The number of nitrogens with two attached hydrogens (primary N) is 1. The molecular formula is C9H17N3O. The van der Waals surface area contributed by atoms with Gasteiger partial charge in [0.25, 0.3) is 0 Å². The summed E-state index contributed by atoms with van der Waals surface area (Å²) in [5.41, 5.74) is 5.50. The SMILES string of the molecule is CCCc1noc(CC(C)CN)n1. The van der Waals surface area contributed by atoms with Gasteiger partial charge < -0.3 is 10.3 Å². The second-order valence-electron chi connectivity index (χ2n) is 3.40. The summed E-state index contributed by atoms with van der Waals surface area (Å²) in [5.74, 6) is 1.93. The van der Waals surface area contributed by atoms with Gasteiger partial charge in [0.1, 0.15) is 0 Å². The highest BCUT2D eigenvalue weighted by atomic mass is 16.5. The highest BCUT2D eigenvalue weighted by Crippen LogP contribution is 2.06. The summed E-state index contributed by atoms with van der Waals surface area (Å²) in [4.78, 5) is 4.25. The topological polar surface area (TPSA) is 64.9 Å². The molecule has 1 atom stereocenters. The van der Waals surface area contributed by atoms with Gasteiger partial charge in [-0.3, -0.25) is 0 Å². The van der Waals surface area contributed by atoms with Gasteiger partial charge in [-0.25, -0.2) is 0 Å². The maximum atomic E-state index is 5.50. The zero-order valence-electron chi connectivity index (χ0n) is 8.29. The van der Waals surface area contributed by atoms with Crippen LogP contribution < -0.4 is 5.73 Å². The van der Waals surface area contributed by atoms with Crippen LogP contribution in [0, 0.1) is 5.92 Å². The van der Waals surface area contributed by atoms with Crippen molar-refractivity contribution in [2.75, 3.05) is 6.54 Å². The summed E-state index contributed by atoms with van der Waals surface area (Å²) in [5, 5.41) is 3.87. The van der Waals surface area contributed by atoms with E-state index in [0.29, 0.717) is 18.4 Å². The average Bonchev–Trinajstić information content (AvgIpc) is 2.53. The number of hydrogen-bond acceptors (Lipinski definition) is 4. The molecule has 74 valence electrons. The van der Waals surface area contributed by atoms with Crippen LogP contribution in [-0.2, 0) is 12.8 Å². The molecule has 0 saturated heterocycles. The first-order valence-electron chi connectivity index (χ1n) is 4.77. The summed E-state index contributed by atoms with van der Waals surface area (Å²) in [6.45, 7) is 4.83. The third-order valence-corrected chi connectivity index (χ3v) is 1.91. The van der Waals surface area contributed by atoms with Crippen LogP contribution in [0.4, 0.5) is 0 Å². The van der Waals surface area contributed by atoms with Gasteiger partial charge in [-0.15, -0.1) is 0 Å². The van der Waals surface area contributed by atoms with Crippen molar-refractivity contribution in [2.24, 2.45) is 11.7 Å². The van der Waals surface area contributed by atoms with Crippen molar-refractivity contribution in [3.63, 3.8) is 0 Å². The van der Waals surface area contributed by atoms with Gasteiger partial charge in [0, 0.05) is 12.8 Å². The lowest BCUT2D eigenvalue weighted by Crippen LogP contribution is -2.13. The van der Waals surface area contributed by atoms with E-state index in [4.69, 9.17) is 10.3 Å². The first kappa shape index (κ1) is 10.2. The van der Waals surface area contributed by atoms with Gasteiger partial charge in [-0.1, -0.05) is 19.0 Å². The maximum absolute atomic E-state index is 5.50. The molecule has 4 heteroatoms. The van der Waals surface area contributed by atoms with E-state index in [2.05, 4.69) is 24.0 Å². The Bertz CT molecular complexity index is 247. The molecule has 2 N–H and O–H groups in total. The van der Waals surface area contributed by atoms with Crippen molar-refractivity contribution < 1.29 is 4.52 Å². The second-order valence-corrected chi connectivity index (χ2v) is 3.40. The van der Waals surface area contributed by atoms with Gasteiger partial charge in [0.15, 0.2) is 5.82 Å². The van der Waals surface area contributed by atoms with E-state index >= 15 is 0 Å². The quantitative estimate of drug-likeness (QED) is 0.744. The molecule has 0 fully saturated rings. The van der Waals surface area contributed by atoms with Crippen LogP contribution in [0.25, 0.3) is 0 Å². The maximum Gasteiger partial charge on any atom is 0.226 e. The molecule has 0 aliphatic heterocycles. The fraction of sp³-hybridized carbons (Fsp3) is 0.778. The largest absolute Gasteiger partial charge is 0.339 e. The Labute approximate surface area is 78.5 Å². The van der Waals surface area contributed by atoms with Crippen molar-refractivity contribution >= 4 is 0 Å². The highest BCUT2D eigenvalue weighted by Gasteiger charge is 2.08. The summed E-state index contributed by atoms with van der Waals surface area (Å²) in [7, 11) is 0. The third kappa shape index (κ3) is 3.14. The Morgan fingerprint density at radius 1 is 1.54 bits per heavy atom. The lowest BCUT2D eigenvalue weighted by molar-refractivity contribution is 0.355. The highest BCUT2D eigenvalue weighted by molar-refractivity contribution is 4.87. The number of nitrogens with zero attached hydrogens (tertiary/aromatic N) is 2. The molecule has 1 aromatic heterocycles. The Kier molecular flexibility index (Phi) is 3.89. The Morgan fingerprint density at radius 2 is 2.31 bits per heavy atom. The molecule has 0 aliphatic carbocycles. The summed E-state index contributed by atoms with van der Waals surface area (Å²) in [6.07, 6.45) is 2.72. The van der Waals surface area contributed by atoms with Crippen LogP contribution in [0.2, 0.25) is 0 Å². The molecule has 4 nitrogen and oxygen atoms in total. The molecule has 0 aliphatic rings. The number of rotatable bonds is 5. The molecule has 1 heterocycles. The average molecular weight is 183 g/mol. The molecule has 1 aromatic rings. The van der Waals surface area contributed by atoms with E-state index in [-0.39, 0.29) is 0 Å². The van der Waals surface area contributed by atoms with Gasteiger partial charge in [-0.05, 0) is 18.9 Å². The molecule has 0 spiro atoms. The van der Waals surface area contributed by atoms with Crippen LogP contribution in [-0.4, -0.2) is 16.7 Å². The van der Waals surface area contributed by atoms with E-state index in [1.54, 1.807) is 0 Å². The van der Waals surface area contributed by atoms with Gasteiger partial charge in [-0.2, -0.15) is 4.98 Å². The minimum atomic E-state index is 0.412. The lowest BCUT2D eigenvalue weighted by atomic mass is 10.1. The summed E-state index contributed by atoms with van der Waals surface area (Å²) in [6, 6.07) is 0. The van der Waals surface area contributed by atoms with Gasteiger partial charge in [0.2, 0.25) is 5.89 Å². The standard InChI is InChI=1S/C9H17N3O/c1-3-4-8-11-9(13-12-8)5-7(2)6-10/h7H,3-6,10H2,1-2H3. The fourth-order valence-electron chi connectivity index (χ4n) is 1.08. The van der Waals surface area contributed by atoms with Crippen LogP contribution in [0.5, 0.6) is 0 Å². The van der Waals surface area contributed by atoms with Crippen LogP contribution in [0.3, 0.4) is 0 Å². The first-order chi connectivity index (χ1) is 6.26. The molecular weight excluding hydrogens is 166 g/mol. The predicted molar refractivity (Wildman–Crippen MR) is 50.2 cm³/mol. The molecule has 0 bridgehead atoms. The van der Waals surface area contributed by atoms with Crippen molar-refractivity contribution in [3.8, 4) is 0 Å². The Hall–Kier alpha value is -0.900. The van der Waals surface area contributed by atoms with Crippen molar-refractivity contribution in [1.82, 2.24) is 10.1 Å². The zero-order valence-corrected chi connectivity index (χ0v) is 8.29. The molecule has 0 saturated carbocycles. The van der Waals surface area contributed by atoms with E-state index < -0.39 is 0 Å². The monoisotopic (exact) mass is 183 g/mol. The fourth-order valence-corrected chi connectivity index (χ4v) is 1.08. The van der Waals surface area contributed by atoms with Crippen LogP contribution >= 0.6 is 0 Å². The third-order valence-electron chi connectivity index (χ3n) is 1.91. The summed E-state index contributed by atoms with van der Waals surface area (Å²) < 4.78 is 5.07. The lowest BCUT2D eigenvalue weighted by Gasteiger charge is -2.01. The molecule has 0 aromatic carbocycles. The van der Waals surface area contributed by atoms with Crippen molar-refractivity contribution in [1.29, 1.82) is 0 Å². The predicted octanol–water partition coefficient (Wildman–Crippen LogP) is 1.16. The number of aromatic nitrogens is 2. The van der Waals surface area contributed by atoms with E-state index in [1.165, 1.54) is 0 Å². The first-order valence-corrected chi connectivity index (χ1v) is 4.77. The summed E-state index contributed by atoms with van der Waals surface area (Å²) >= 11 is 0. The molecule has 1 rings (SSSR count). The van der Waals surface area contributed by atoms with Crippen LogP contribution in [0.15, 0.2) is 4.52 Å². The molecule has 0 amide bonds. The minimum Gasteiger partial charge on any atom is -0.339 e. The number of aryl methyl sites for hydroxylation is 1. The van der Waals surface area contributed by atoms with Gasteiger partial charge >= 0.3 is 0 Å². The number of hydrogen-bond donors (Lipinski definition) is 1. The Morgan fingerprint density at radius 3 is 2.92 bits per heavy atom.